The number of aryl methyl sites for hydroxylation is 1. The molecular weight excluding hydrogens is 408 g/mol. The molecule has 2 aromatic heterocycles. The summed E-state index contributed by atoms with van der Waals surface area (Å²) in [6.07, 6.45) is 3.22. The first-order valence-electron chi connectivity index (χ1n) is 9.55. The first-order valence-corrected chi connectivity index (χ1v) is 11.8. The van der Waals surface area contributed by atoms with Crippen LogP contribution in [0.3, 0.4) is 0 Å². The summed E-state index contributed by atoms with van der Waals surface area (Å²) in [4.78, 5) is 10.4. The van der Waals surface area contributed by atoms with Crippen molar-refractivity contribution in [2.75, 3.05) is 25.5 Å². The Morgan fingerprint density at radius 1 is 1.24 bits per heavy atom. The molecular formula is C20H24N4O3S2. The summed E-state index contributed by atoms with van der Waals surface area (Å²) in [5, 5.41) is 3.80. The van der Waals surface area contributed by atoms with Gasteiger partial charge in [0.1, 0.15) is 27.6 Å². The molecule has 1 fully saturated rings. The highest BCUT2D eigenvalue weighted by Gasteiger charge is 2.33. The Morgan fingerprint density at radius 2 is 2.00 bits per heavy atom. The first-order chi connectivity index (χ1) is 13.9. The van der Waals surface area contributed by atoms with Crippen molar-refractivity contribution >= 4 is 43.1 Å². The summed E-state index contributed by atoms with van der Waals surface area (Å²) < 4.78 is 33.9. The Bertz CT molecular complexity index is 1140. The summed E-state index contributed by atoms with van der Waals surface area (Å²) in [6.45, 7) is 5.10. The van der Waals surface area contributed by atoms with Gasteiger partial charge in [-0.1, -0.05) is 13.0 Å². The molecule has 4 rings (SSSR count). The Morgan fingerprint density at radius 3 is 2.72 bits per heavy atom. The summed E-state index contributed by atoms with van der Waals surface area (Å²) in [5.41, 5.74) is 0.767. The molecule has 3 heterocycles. The number of anilines is 2. The average molecular weight is 433 g/mol. The van der Waals surface area contributed by atoms with E-state index in [1.54, 1.807) is 11.4 Å². The van der Waals surface area contributed by atoms with E-state index < -0.39 is 10.0 Å². The molecule has 0 spiro atoms. The van der Waals surface area contributed by atoms with Crippen LogP contribution in [0.1, 0.15) is 24.6 Å². The molecule has 1 aliphatic heterocycles. The molecule has 9 heteroatoms. The molecule has 0 bridgehead atoms. The molecule has 0 atom stereocenters. The highest BCUT2D eigenvalue weighted by Crippen LogP contribution is 2.39. The van der Waals surface area contributed by atoms with Crippen molar-refractivity contribution in [3.05, 3.63) is 35.5 Å². The van der Waals surface area contributed by atoms with Gasteiger partial charge in [-0.3, -0.25) is 0 Å². The summed E-state index contributed by atoms with van der Waals surface area (Å²) in [5.74, 6) is 1.74. The largest absolute Gasteiger partial charge is 0.497 e. The third kappa shape index (κ3) is 3.82. The monoisotopic (exact) mass is 432 g/mol. The van der Waals surface area contributed by atoms with Gasteiger partial charge in [0, 0.05) is 29.7 Å². The number of methoxy groups -OCH3 is 1. The molecule has 29 heavy (non-hydrogen) atoms. The number of ether oxygens (including phenoxy) is 1. The minimum atomic E-state index is -3.63. The smallest absolute Gasteiger partial charge is 0.244 e. The van der Waals surface area contributed by atoms with Gasteiger partial charge in [0.2, 0.25) is 10.0 Å². The predicted octanol–water partition coefficient (Wildman–Crippen LogP) is 4.17. The van der Waals surface area contributed by atoms with Crippen LogP contribution in [-0.4, -0.2) is 42.9 Å². The second-order valence-electron chi connectivity index (χ2n) is 7.33. The van der Waals surface area contributed by atoms with E-state index in [4.69, 9.17) is 4.74 Å². The second kappa shape index (κ2) is 7.89. The molecule has 0 aliphatic carbocycles. The van der Waals surface area contributed by atoms with Crippen LogP contribution in [0.5, 0.6) is 5.75 Å². The molecule has 154 valence electrons. The lowest BCUT2D eigenvalue weighted by Crippen LogP contribution is -2.38. The highest BCUT2D eigenvalue weighted by atomic mass is 32.2. The normalized spacial score (nSPS) is 16.2. The number of benzene rings is 1. The van der Waals surface area contributed by atoms with Crippen molar-refractivity contribution in [1.82, 2.24) is 14.3 Å². The maximum atomic E-state index is 13.5. The topological polar surface area (TPSA) is 84.4 Å². The fourth-order valence-electron chi connectivity index (χ4n) is 3.62. The van der Waals surface area contributed by atoms with Gasteiger partial charge >= 0.3 is 0 Å². The maximum Gasteiger partial charge on any atom is 0.244 e. The van der Waals surface area contributed by atoms with Gasteiger partial charge in [-0.05, 0) is 37.8 Å². The number of hydrogen-bond acceptors (Lipinski definition) is 7. The molecule has 1 N–H and O–H groups in total. The van der Waals surface area contributed by atoms with Gasteiger partial charge in [0.25, 0.3) is 0 Å². The molecule has 7 nitrogen and oxygen atoms in total. The third-order valence-electron chi connectivity index (χ3n) is 5.28. The van der Waals surface area contributed by atoms with Crippen LogP contribution in [0.25, 0.3) is 10.2 Å². The van der Waals surface area contributed by atoms with Crippen LogP contribution in [0, 0.1) is 12.8 Å². The molecule has 0 unspecified atom stereocenters. The second-order valence-corrected chi connectivity index (χ2v) is 10.4. The Balaban J connectivity index is 1.80. The molecule has 1 saturated heterocycles. The van der Waals surface area contributed by atoms with E-state index in [9.17, 15) is 8.42 Å². The molecule has 0 saturated carbocycles. The van der Waals surface area contributed by atoms with Crippen molar-refractivity contribution < 1.29 is 13.2 Å². The average Bonchev–Trinajstić information content (AvgIpc) is 3.06. The summed E-state index contributed by atoms with van der Waals surface area (Å²) in [6, 6.07) is 7.44. The van der Waals surface area contributed by atoms with Gasteiger partial charge in [0.15, 0.2) is 0 Å². The predicted molar refractivity (Wildman–Crippen MR) is 116 cm³/mol. The Kier molecular flexibility index (Phi) is 5.46. The third-order valence-corrected chi connectivity index (χ3v) is 8.50. The minimum absolute atomic E-state index is 0.318. The summed E-state index contributed by atoms with van der Waals surface area (Å²) in [7, 11) is -2.02. The van der Waals surface area contributed by atoms with Crippen LogP contribution in [-0.2, 0) is 10.0 Å². The number of piperidine rings is 1. The summed E-state index contributed by atoms with van der Waals surface area (Å²) >= 11 is 1.38. The zero-order valence-electron chi connectivity index (χ0n) is 16.7. The number of hydrogen-bond donors (Lipinski definition) is 1. The SMILES string of the molecule is COc1cccc(Nc2ncnc3sc(C)c(S(=O)(=O)N4CCC(C)CC4)c23)c1. The van der Waals surface area contributed by atoms with Gasteiger partial charge in [-0.2, -0.15) is 4.31 Å². The number of thiophene rings is 1. The molecule has 1 aromatic carbocycles. The fourth-order valence-corrected chi connectivity index (χ4v) is 6.77. The van der Waals surface area contributed by atoms with Crippen LogP contribution >= 0.6 is 11.3 Å². The number of nitrogens with zero attached hydrogens (tertiary/aromatic N) is 3. The van der Waals surface area contributed by atoms with Gasteiger partial charge in [-0.15, -0.1) is 11.3 Å². The van der Waals surface area contributed by atoms with Crippen molar-refractivity contribution in [3.8, 4) is 5.75 Å². The van der Waals surface area contributed by atoms with Crippen LogP contribution in [0.4, 0.5) is 11.5 Å². The van der Waals surface area contributed by atoms with Crippen molar-refractivity contribution in [3.63, 3.8) is 0 Å². The molecule has 0 radical (unpaired) electrons. The number of fused-ring (bicyclic) bond motifs is 1. The van der Waals surface area contributed by atoms with Gasteiger partial charge < -0.3 is 10.1 Å². The number of rotatable bonds is 5. The number of sulfonamides is 1. The number of nitrogens with one attached hydrogen (secondary N) is 1. The molecule has 0 amide bonds. The van der Waals surface area contributed by atoms with E-state index in [-0.39, 0.29) is 0 Å². The minimum Gasteiger partial charge on any atom is -0.497 e. The zero-order valence-corrected chi connectivity index (χ0v) is 18.3. The van der Waals surface area contributed by atoms with E-state index in [2.05, 4.69) is 22.2 Å². The van der Waals surface area contributed by atoms with Gasteiger partial charge in [-0.25, -0.2) is 18.4 Å². The lowest BCUT2D eigenvalue weighted by atomic mass is 10.0. The quantitative estimate of drug-likeness (QED) is 0.651. The maximum absolute atomic E-state index is 13.5. The Hall–Kier alpha value is -2.23. The Labute approximate surface area is 174 Å². The van der Waals surface area contributed by atoms with Crippen molar-refractivity contribution in [2.45, 2.75) is 31.6 Å². The van der Waals surface area contributed by atoms with Crippen molar-refractivity contribution in [1.29, 1.82) is 0 Å². The van der Waals surface area contributed by atoms with Gasteiger partial charge in [0.05, 0.1) is 12.5 Å². The number of aromatic nitrogens is 2. The van der Waals surface area contributed by atoms with Crippen molar-refractivity contribution in [2.24, 2.45) is 5.92 Å². The fraction of sp³-hybridized carbons (Fsp3) is 0.400. The van der Waals surface area contributed by atoms with E-state index in [1.807, 2.05) is 31.2 Å². The van der Waals surface area contributed by atoms with E-state index >= 15 is 0 Å². The van der Waals surface area contributed by atoms with Crippen LogP contribution < -0.4 is 10.1 Å². The molecule has 3 aromatic rings. The van der Waals surface area contributed by atoms with Crippen LogP contribution in [0.2, 0.25) is 0 Å². The standard InChI is InChI=1S/C20H24N4O3S2/c1-13-7-9-24(10-8-13)29(25,26)18-14(2)28-20-17(18)19(21-12-22-20)23-15-5-4-6-16(11-15)27-3/h4-6,11-13H,7-10H2,1-3H3,(H,21,22,23). The lowest BCUT2D eigenvalue weighted by Gasteiger charge is -2.29. The van der Waals surface area contributed by atoms with E-state index in [0.29, 0.717) is 45.7 Å². The molecule has 1 aliphatic rings. The lowest BCUT2D eigenvalue weighted by molar-refractivity contribution is 0.288. The van der Waals surface area contributed by atoms with E-state index in [0.717, 1.165) is 23.4 Å². The highest BCUT2D eigenvalue weighted by molar-refractivity contribution is 7.89. The van der Waals surface area contributed by atoms with Crippen LogP contribution in [0.15, 0.2) is 35.5 Å². The van der Waals surface area contributed by atoms with E-state index in [1.165, 1.54) is 17.7 Å². The first kappa shape index (κ1) is 20.1. The zero-order chi connectivity index (χ0) is 20.6.